The molecule has 1 unspecified atom stereocenters. The molecular weight excluding hydrogens is 348 g/mol. The van der Waals surface area contributed by atoms with Crippen molar-refractivity contribution in [3.63, 3.8) is 0 Å². The lowest BCUT2D eigenvalue weighted by Crippen LogP contribution is -2.00. The molecule has 4 aromatic carbocycles. The van der Waals surface area contributed by atoms with Crippen molar-refractivity contribution in [1.29, 1.82) is 0 Å². The van der Waals surface area contributed by atoms with Crippen LogP contribution in [-0.4, -0.2) is 0 Å². The first-order valence-corrected chi connectivity index (χ1v) is 10.7. The van der Waals surface area contributed by atoms with Crippen molar-refractivity contribution in [3.8, 4) is 0 Å². The van der Waals surface area contributed by atoms with E-state index >= 15 is 0 Å². The monoisotopic (exact) mass is 374 g/mol. The number of hydrogen-bond acceptors (Lipinski definition) is 0. The lowest BCUT2D eigenvalue weighted by atomic mass is 9.84. The maximum Gasteiger partial charge on any atom is 0.00275 e. The van der Waals surface area contributed by atoms with E-state index in [1.165, 1.54) is 56.6 Å². The Morgan fingerprint density at radius 2 is 1.38 bits per heavy atom. The molecule has 142 valence electrons. The van der Waals surface area contributed by atoms with E-state index in [1.807, 2.05) is 0 Å². The van der Waals surface area contributed by atoms with E-state index < -0.39 is 0 Å². The number of rotatable bonds is 2. The molecule has 0 fully saturated rings. The summed E-state index contributed by atoms with van der Waals surface area (Å²) in [4.78, 5) is 0. The SMILES string of the molecule is C1=Cc2cccc3cccc(c23)C1.CCCC1C=Cc2cccc3cccc1c23. The summed E-state index contributed by atoms with van der Waals surface area (Å²) in [7, 11) is 0. The van der Waals surface area contributed by atoms with E-state index in [2.05, 4.69) is 104 Å². The fourth-order valence-electron chi connectivity index (χ4n) is 4.81. The molecule has 0 bridgehead atoms. The van der Waals surface area contributed by atoms with Gasteiger partial charge in [0.25, 0.3) is 0 Å². The van der Waals surface area contributed by atoms with E-state index in [1.54, 1.807) is 0 Å². The first kappa shape index (κ1) is 17.9. The molecule has 0 radical (unpaired) electrons. The number of benzene rings is 4. The lowest BCUT2D eigenvalue weighted by molar-refractivity contribution is 0.722. The Hall–Kier alpha value is -3.12. The molecule has 0 amide bonds. The van der Waals surface area contributed by atoms with Crippen molar-refractivity contribution in [2.75, 3.05) is 0 Å². The summed E-state index contributed by atoms with van der Waals surface area (Å²) in [6, 6.07) is 26.3. The standard InChI is InChI=1S/C16H16.C13H10/c1-2-5-12-10-11-14-7-3-6-13-8-4-9-15(12)16(13)14;1-4-10-6-2-8-12-9-3-7-11(5-1)13(10)12/h3-4,6-12H,2,5H2,1H3;1-8H,9H2. The third-order valence-corrected chi connectivity index (χ3v) is 6.13. The third kappa shape index (κ3) is 3.29. The van der Waals surface area contributed by atoms with Crippen LogP contribution in [0.25, 0.3) is 33.7 Å². The van der Waals surface area contributed by atoms with Crippen LogP contribution < -0.4 is 0 Å². The second-order valence-corrected chi connectivity index (χ2v) is 8.02. The molecule has 2 aliphatic rings. The molecule has 1 atom stereocenters. The second-order valence-electron chi connectivity index (χ2n) is 8.02. The molecule has 29 heavy (non-hydrogen) atoms. The van der Waals surface area contributed by atoms with Gasteiger partial charge in [0.15, 0.2) is 0 Å². The van der Waals surface area contributed by atoms with Gasteiger partial charge in [0.05, 0.1) is 0 Å². The molecule has 0 saturated heterocycles. The van der Waals surface area contributed by atoms with Crippen LogP contribution in [0.4, 0.5) is 0 Å². The molecule has 0 aliphatic heterocycles. The maximum absolute atomic E-state index is 2.36. The normalized spacial score (nSPS) is 16.0. The van der Waals surface area contributed by atoms with Crippen LogP contribution in [0.3, 0.4) is 0 Å². The van der Waals surface area contributed by atoms with Crippen molar-refractivity contribution in [3.05, 3.63) is 107 Å². The minimum absolute atomic E-state index is 0.614. The topological polar surface area (TPSA) is 0 Å². The average Bonchev–Trinajstić information content (AvgIpc) is 2.77. The zero-order valence-corrected chi connectivity index (χ0v) is 16.9. The van der Waals surface area contributed by atoms with E-state index in [9.17, 15) is 0 Å². The summed E-state index contributed by atoms with van der Waals surface area (Å²) in [5.74, 6) is 0.614. The first-order chi connectivity index (χ1) is 14.3. The van der Waals surface area contributed by atoms with E-state index in [4.69, 9.17) is 0 Å². The largest absolute Gasteiger partial charge is 0.0795 e. The van der Waals surface area contributed by atoms with Gasteiger partial charge >= 0.3 is 0 Å². The summed E-state index contributed by atoms with van der Waals surface area (Å²) in [6.07, 6.45) is 12.7. The Morgan fingerprint density at radius 1 is 0.724 bits per heavy atom. The van der Waals surface area contributed by atoms with Gasteiger partial charge in [-0.15, -0.1) is 0 Å². The Labute approximate surface area is 173 Å². The zero-order chi connectivity index (χ0) is 19.6. The van der Waals surface area contributed by atoms with Crippen molar-refractivity contribution in [2.45, 2.75) is 32.1 Å². The summed E-state index contributed by atoms with van der Waals surface area (Å²) in [5, 5.41) is 5.64. The van der Waals surface area contributed by atoms with Crippen LogP contribution in [0.15, 0.2) is 84.9 Å². The minimum atomic E-state index is 0.614. The molecule has 2 aliphatic carbocycles. The van der Waals surface area contributed by atoms with Gasteiger partial charge in [0.1, 0.15) is 0 Å². The second kappa shape index (κ2) is 7.72. The van der Waals surface area contributed by atoms with E-state index in [-0.39, 0.29) is 0 Å². The van der Waals surface area contributed by atoms with Gasteiger partial charge in [0, 0.05) is 5.92 Å². The van der Waals surface area contributed by atoms with Gasteiger partial charge in [-0.1, -0.05) is 110 Å². The van der Waals surface area contributed by atoms with Crippen LogP contribution in [0.1, 0.15) is 47.9 Å². The van der Waals surface area contributed by atoms with Gasteiger partial charge in [-0.2, -0.15) is 0 Å². The quantitative estimate of drug-likeness (QED) is 0.332. The molecule has 4 aromatic rings. The van der Waals surface area contributed by atoms with Gasteiger partial charge in [-0.05, 0) is 56.6 Å². The van der Waals surface area contributed by atoms with Crippen LogP contribution >= 0.6 is 0 Å². The third-order valence-electron chi connectivity index (χ3n) is 6.13. The zero-order valence-electron chi connectivity index (χ0n) is 16.9. The highest BCUT2D eigenvalue weighted by atomic mass is 14.2. The first-order valence-electron chi connectivity index (χ1n) is 10.7. The predicted molar refractivity (Wildman–Crippen MR) is 127 cm³/mol. The Bertz CT molecular complexity index is 1230. The highest BCUT2D eigenvalue weighted by Crippen LogP contribution is 2.36. The van der Waals surface area contributed by atoms with E-state index in [0.29, 0.717) is 5.92 Å². The van der Waals surface area contributed by atoms with Crippen LogP contribution in [0.2, 0.25) is 0 Å². The Morgan fingerprint density at radius 3 is 2.14 bits per heavy atom. The molecule has 0 heteroatoms. The van der Waals surface area contributed by atoms with Crippen molar-refractivity contribution in [1.82, 2.24) is 0 Å². The fourth-order valence-corrected chi connectivity index (χ4v) is 4.81. The highest BCUT2D eigenvalue weighted by molar-refractivity contribution is 5.96. The average molecular weight is 375 g/mol. The fraction of sp³-hybridized carbons (Fsp3) is 0.172. The minimum Gasteiger partial charge on any atom is -0.0795 e. The molecule has 6 rings (SSSR count). The molecule has 0 saturated carbocycles. The summed E-state index contributed by atoms with van der Waals surface area (Å²) < 4.78 is 0. The van der Waals surface area contributed by atoms with Crippen LogP contribution in [0, 0.1) is 0 Å². The molecule has 0 heterocycles. The summed E-state index contributed by atoms with van der Waals surface area (Å²) >= 11 is 0. The molecular formula is C29H26. The Balaban J connectivity index is 0.000000128. The van der Waals surface area contributed by atoms with Gasteiger partial charge in [-0.25, -0.2) is 0 Å². The lowest BCUT2D eigenvalue weighted by Gasteiger charge is -2.20. The summed E-state index contributed by atoms with van der Waals surface area (Å²) in [5.41, 5.74) is 5.70. The smallest absolute Gasteiger partial charge is 0.00275 e. The van der Waals surface area contributed by atoms with E-state index in [0.717, 1.165) is 6.42 Å². The molecule has 0 nitrogen and oxygen atoms in total. The number of allylic oxidation sites excluding steroid dienone is 2. The highest BCUT2D eigenvalue weighted by Gasteiger charge is 2.16. The van der Waals surface area contributed by atoms with Gasteiger partial charge in [-0.3, -0.25) is 0 Å². The summed E-state index contributed by atoms with van der Waals surface area (Å²) in [6.45, 7) is 2.26. The van der Waals surface area contributed by atoms with Crippen molar-refractivity contribution < 1.29 is 0 Å². The maximum atomic E-state index is 2.36. The van der Waals surface area contributed by atoms with Gasteiger partial charge < -0.3 is 0 Å². The van der Waals surface area contributed by atoms with Crippen LogP contribution in [-0.2, 0) is 6.42 Å². The molecule has 0 spiro atoms. The number of hydrogen-bond donors (Lipinski definition) is 0. The van der Waals surface area contributed by atoms with Crippen LogP contribution in [0.5, 0.6) is 0 Å². The van der Waals surface area contributed by atoms with Crippen molar-refractivity contribution in [2.24, 2.45) is 0 Å². The van der Waals surface area contributed by atoms with Gasteiger partial charge in [0.2, 0.25) is 0 Å². The molecule has 0 aromatic heterocycles. The molecule has 0 N–H and O–H groups in total. The Kier molecular flexibility index (Phi) is 4.77. The van der Waals surface area contributed by atoms with Crippen molar-refractivity contribution >= 4 is 33.7 Å². The predicted octanol–water partition coefficient (Wildman–Crippen LogP) is 8.16.